The number of halogens is 1. The van der Waals surface area contributed by atoms with Gasteiger partial charge in [0.25, 0.3) is 5.91 Å². The number of nitrogen functional groups attached to an aromatic ring is 1. The second-order valence-electron chi connectivity index (χ2n) is 5.07. The van der Waals surface area contributed by atoms with E-state index in [1.54, 1.807) is 4.90 Å². The van der Waals surface area contributed by atoms with Gasteiger partial charge < -0.3 is 15.4 Å². The number of hydrogen-bond acceptors (Lipinski definition) is 3. The second-order valence-corrected chi connectivity index (χ2v) is 5.07. The zero-order chi connectivity index (χ0) is 13.3. The SMILES string of the molecule is CC1(C)CN(C(=O)c2ccc(N)cc2F)CCO1. The zero-order valence-electron chi connectivity index (χ0n) is 10.6. The molecule has 0 atom stereocenters. The zero-order valence-corrected chi connectivity index (χ0v) is 10.6. The highest BCUT2D eigenvalue weighted by molar-refractivity contribution is 5.95. The molecule has 0 bridgehead atoms. The largest absolute Gasteiger partial charge is 0.399 e. The third kappa shape index (κ3) is 2.61. The van der Waals surface area contributed by atoms with Gasteiger partial charge in [-0.1, -0.05) is 0 Å². The van der Waals surface area contributed by atoms with E-state index in [9.17, 15) is 9.18 Å². The first-order chi connectivity index (χ1) is 8.39. The Morgan fingerprint density at radius 3 is 2.83 bits per heavy atom. The number of carbonyl (C=O) groups is 1. The summed E-state index contributed by atoms with van der Waals surface area (Å²) in [7, 11) is 0. The van der Waals surface area contributed by atoms with E-state index in [0.717, 1.165) is 0 Å². The number of anilines is 1. The van der Waals surface area contributed by atoms with Crippen LogP contribution in [0.4, 0.5) is 10.1 Å². The standard InChI is InChI=1S/C13H17FN2O2/c1-13(2)8-16(5-6-18-13)12(17)10-4-3-9(15)7-11(10)14/h3-4,7H,5-6,8,15H2,1-2H3. The molecular formula is C13H17FN2O2. The highest BCUT2D eigenvalue weighted by atomic mass is 19.1. The molecule has 1 saturated heterocycles. The molecule has 0 unspecified atom stereocenters. The second kappa shape index (κ2) is 4.57. The van der Waals surface area contributed by atoms with Crippen LogP contribution < -0.4 is 5.73 Å². The summed E-state index contributed by atoms with van der Waals surface area (Å²) in [6.45, 7) is 5.22. The Kier molecular flexibility index (Phi) is 3.26. The summed E-state index contributed by atoms with van der Waals surface area (Å²) in [6.07, 6.45) is 0. The van der Waals surface area contributed by atoms with Crippen molar-refractivity contribution in [3.63, 3.8) is 0 Å². The number of ether oxygens (including phenoxy) is 1. The fourth-order valence-electron chi connectivity index (χ4n) is 2.06. The summed E-state index contributed by atoms with van der Waals surface area (Å²) in [5, 5.41) is 0. The molecule has 0 aliphatic carbocycles. The van der Waals surface area contributed by atoms with Crippen LogP contribution in [0.5, 0.6) is 0 Å². The van der Waals surface area contributed by atoms with Crippen molar-refractivity contribution in [2.75, 3.05) is 25.4 Å². The third-order valence-corrected chi connectivity index (χ3v) is 2.94. The molecule has 0 radical (unpaired) electrons. The van der Waals surface area contributed by atoms with E-state index in [1.807, 2.05) is 13.8 Å². The molecule has 1 aromatic carbocycles. The molecule has 1 aromatic rings. The number of nitrogens with zero attached hydrogens (tertiary/aromatic N) is 1. The van der Waals surface area contributed by atoms with Crippen LogP contribution in [0.2, 0.25) is 0 Å². The van der Waals surface area contributed by atoms with Gasteiger partial charge in [0.15, 0.2) is 0 Å². The van der Waals surface area contributed by atoms with E-state index < -0.39 is 11.4 Å². The van der Waals surface area contributed by atoms with Gasteiger partial charge in [-0.15, -0.1) is 0 Å². The molecule has 0 aromatic heterocycles. The Morgan fingerprint density at radius 1 is 1.50 bits per heavy atom. The highest BCUT2D eigenvalue weighted by Crippen LogP contribution is 2.20. The number of nitrogens with two attached hydrogens (primary N) is 1. The molecule has 1 amide bonds. The Labute approximate surface area is 106 Å². The third-order valence-electron chi connectivity index (χ3n) is 2.94. The van der Waals surface area contributed by atoms with Crippen LogP contribution in [0.1, 0.15) is 24.2 Å². The monoisotopic (exact) mass is 252 g/mol. The van der Waals surface area contributed by atoms with Crippen LogP contribution in [-0.4, -0.2) is 36.1 Å². The van der Waals surface area contributed by atoms with E-state index >= 15 is 0 Å². The van der Waals surface area contributed by atoms with Crippen molar-refractivity contribution in [2.24, 2.45) is 0 Å². The Balaban J connectivity index is 2.20. The van der Waals surface area contributed by atoms with Crippen molar-refractivity contribution < 1.29 is 13.9 Å². The quantitative estimate of drug-likeness (QED) is 0.773. The van der Waals surface area contributed by atoms with Gasteiger partial charge in [-0.25, -0.2) is 4.39 Å². The van der Waals surface area contributed by atoms with Crippen LogP contribution >= 0.6 is 0 Å². The molecule has 2 N–H and O–H groups in total. The van der Waals surface area contributed by atoms with Crippen molar-refractivity contribution >= 4 is 11.6 Å². The molecule has 5 heteroatoms. The lowest BCUT2D eigenvalue weighted by Gasteiger charge is -2.38. The molecule has 98 valence electrons. The predicted molar refractivity (Wildman–Crippen MR) is 66.7 cm³/mol. The van der Waals surface area contributed by atoms with Crippen molar-refractivity contribution in [3.8, 4) is 0 Å². The summed E-state index contributed by atoms with van der Waals surface area (Å²) in [4.78, 5) is 13.8. The molecule has 1 aliphatic rings. The summed E-state index contributed by atoms with van der Waals surface area (Å²) in [6, 6.07) is 4.12. The number of benzene rings is 1. The molecule has 2 rings (SSSR count). The van der Waals surface area contributed by atoms with Crippen LogP contribution in [0.15, 0.2) is 18.2 Å². The van der Waals surface area contributed by atoms with Gasteiger partial charge in [0, 0.05) is 18.8 Å². The van der Waals surface area contributed by atoms with Crippen molar-refractivity contribution in [3.05, 3.63) is 29.6 Å². The number of carbonyl (C=O) groups excluding carboxylic acids is 1. The Bertz CT molecular complexity index is 474. The van der Waals surface area contributed by atoms with Gasteiger partial charge >= 0.3 is 0 Å². The molecule has 0 spiro atoms. The number of morpholine rings is 1. The molecule has 18 heavy (non-hydrogen) atoms. The first-order valence-corrected chi connectivity index (χ1v) is 5.87. The molecule has 1 aliphatic heterocycles. The average molecular weight is 252 g/mol. The predicted octanol–water partition coefficient (Wildman–Crippen LogP) is 1.66. The van der Waals surface area contributed by atoms with Crippen LogP contribution in [0.25, 0.3) is 0 Å². The Hall–Kier alpha value is -1.62. The van der Waals surface area contributed by atoms with E-state index in [0.29, 0.717) is 25.4 Å². The van der Waals surface area contributed by atoms with E-state index in [4.69, 9.17) is 10.5 Å². The summed E-state index contributed by atoms with van der Waals surface area (Å²) in [5.74, 6) is -0.895. The highest BCUT2D eigenvalue weighted by Gasteiger charge is 2.31. The van der Waals surface area contributed by atoms with Gasteiger partial charge in [-0.05, 0) is 32.0 Å². The molecule has 1 fully saturated rings. The molecule has 4 nitrogen and oxygen atoms in total. The summed E-state index contributed by atoms with van der Waals surface area (Å²) < 4.78 is 19.2. The summed E-state index contributed by atoms with van der Waals surface area (Å²) in [5.41, 5.74) is 5.44. The fourth-order valence-corrected chi connectivity index (χ4v) is 2.06. The van der Waals surface area contributed by atoms with Crippen molar-refractivity contribution in [1.82, 2.24) is 4.90 Å². The lowest BCUT2D eigenvalue weighted by molar-refractivity contribution is -0.0764. The maximum atomic E-state index is 13.7. The maximum Gasteiger partial charge on any atom is 0.257 e. The topological polar surface area (TPSA) is 55.6 Å². The normalized spacial score (nSPS) is 18.7. The molecule has 1 heterocycles. The average Bonchev–Trinajstić information content (AvgIpc) is 2.27. The van der Waals surface area contributed by atoms with Gasteiger partial charge in [0.05, 0.1) is 17.8 Å². The first kappa shape index (κ1) is 12.8. The first-order valence-electron chi connectivity index (χ1n) is 5.87. The van der Waals surface area contributed by atoms with Crippen molar-refractivity contribution in [2.45, 2.75) is 19.4 Å². The van der Waals surface area contributed by atoms with Crippen LogP contribution in [0.3, 0.4) is 0 Å². The Morgan fingerprint density at radius 2 is 2.22 bits per heavy atom. The van der Waals surface area contributed by atoms with Crippen molar-refractivity contribution in [1.29, 1.82) is 0 Å². The molecule has 0 saturated carbocycles. The van der Waals surface area contributed by atoms with E-state index in [1.165, 1.54) is 18.2 Å². The van der Waals surface area contributed by atoms with E-state index in [2.05, 4.69) is 0 Å². The minimum atomic E-state index is -0.579. The molecular weight excluding hydrogens is 235 g/mol. The minimum absolute atomic E-state index is 0.0573. The summed E-state index contributed by atoms with van der Waals surface area (Å²) >= 11 is 0. The van der Waals surface area contributed by atoms with Crippen LogP contribution in [0, 0.1) is 5.82 Å². The number of hydrogen-bond donors (Lipinski definition) is 1. The smallest absolute Gasteiger partial charge is 0.257 e. The number of rotatable bonds is 1. The number of amides is 1. The van der Waals surface area contributed by atoms with Gasteiger partial charge in [0.1, 0.15) is 5.82 Å². The lowest BCUT2D eigenvalue weighted by atomic mass is 10.1. The van der Waals surface area contributed by atoms with Gasteiger partial charge in [-0.3, -0.25) is 4.79 Å². The van der Waals surface area contributed by atoms with Gasteiger partial charge in [-0.2, -0.15) is 0 Å². The fraction of sp³-hybridized carbons (Fsp3) is 0.462. The van der Waals surface area contributed by atoms with Gasteiger partial charge in [0.2, 0.25) is 0 Å². The lowest BCUT2D eigenvalue weighted by Crippen LogP contribution is -2.50. The minimum Gasteiger partial charge on any atom is -0.399 e. The maximum absolute atomic E-state index is 13.7. The van der Waals surface area contributed by atoms with E-state index in [-0.39, 0.29) is 11.5 Å². The van der Waals surface area contributed by atoms with Crippen LogP contribution in [-0.2, 0) is 4.74 Å².